The van der Waals surface area contributed by atoms with Gasteiger partial charge in [0.1, 0.15) is 0 Å². The predicted molar refractivity (Wildman–Crippen MR) is 68.4 cm³/mol. The summed E-state index contributed by atoms with van der Waals surface area (Å²) in [5, 5.41) is 3.43. The first-order chi connectivity index (χ1) is 7.59. The lowest BCUT2D eigenvalue weighted by molar-refractivity contribution is 0.259. The smallest absolute Gasteiger partial charge is 0.151 e. The Morgan fingerprint density at radius 3 is 2.50 bits per heavy atom. The van der Waals surface area contributed by atoms with E-state index in [1.54, 1.807) is 6.92 Å². The third-order valence-corrected chi connectivity index (χ3v) is 5.40. The zero-order valence-electron chi connectivity index (χ0n) is 10.5. The van der Waals surface area contributed by atoms with Crippen molar-refractivity contribution in [1.29, 1.82) is 0 Å². The molecule has 0 amide bonds. The van der Waals surface area contributed by atoms with Crippen LogP contribution in [-0.2, 0) is 9.84 Å². The average Bonchev–Trinajstić information content (AvgIpc) is 2.29. The van der Waals surface area contributed by atoms with Gasteiger partial charge in [0.15, 0.2) is 9.84 Å². The van der Waals surface area contributed by atoms with Gasteiger partial charge in [-0.25, -0.2) is 8.42 Å². The van der Waals surface area contributed by atoms with Crippen molar-refractivity contribution in [3.63, 3.8) is 0 Å². The van der Waals surface area contributed by atoms with Crippen molar-refractivity contribution in [3.05, 3.63) is 0 Å². The fourth-order valence-electron chi connectivity index (χ4n) is 2.51. The number of rotatable bonds is 6. The second kappa shape index (κ2) is 6.60. The largest absolute Gasteiger partial charge is 0.313 e. The van der Waals surface area contributed by atoms with Crippen LogP contribution in [0.2, 0.25) is 0 Å². The topological polar surface area (TPSA) is 46.2 Å². The van der Waals surface area contributed by atoms with E-state index >= 15 is 0 Å². The molecule has 2 unspecified atom stereocenters. The van der Waals surface area contributed by atoms with Crippen molar-refractivity contribution in [2.45, 2.75) is 52.0 Å². The van der Waals surface area contributed by atoms with E-state index in [1.807, 2.05) is 0 Å². The quantitative estimate of drug-likeness (QED) is 0.780. The molecule has 0 radical (unpaired) electrons. The van der Waals surface area contributed by atoms with Crippen LogP contribution in [0, 0.1) is 5.92 Å². The van der Waals surface area contributed by atoms with Gasteiger partial charge in [-0.3, -0.25) is 0 Å². The second-order valence-electron chi connectivity index (χ2n) is 4.75. The summed E-state index contributed by atoms with van der Waals surface area (Å²) in [5.41, 5.74) is 0. The van der Waals surface area contributed by atoms with E-state index in [2.05, 4.69) is 12.2 Å². The van der Waals surface area contributed by atoms with E-state index in [4.69, 9.17) is 0 Å². The highest BCUT2D eigenvalue weighted by molar-refractivity contribution is 7.91. The van der Waals surface area contributed by atoms with Crippen molar-refractivity contribution in [2.24, 2.45) is 5.92 Å². The molecule has 96 valence electrons. The van der Waals surface area contributed by atoms with Crippen LogP contribution in [0.15, 0.2) is 0 Å². The summed E-state index contributed by atoms with van der Waals surface area (Å²) in [7, 11) is -2.81. The Morgan fingerprint density at radius 2 is 1.88 bits per heavy atom. The summed E-state index contributed by atoms with van der Waals surface area (Å²) in [6, 6.07) is 0.547. The summed E-state index contributed by atoms with van der Waals surface area (Å²) in [6.07, 6.45) is 6.34. The SMILES string of the molecule is CCC1CCCCC1NCCS(=O)(=O)CC. The third-order valence-electron chi connectivity index (χ3n) is 3.69. The van der Waals surface area contributed by atoms with E-state index in [0.29, 0.717) is 12.6 Å². The Balaban J connectivity index is 2.30. The Kier molecular flexibility index (Phi) is 5.76. The van der Waals surface area contributed by atoms with Gasteiger partial charge in [0, 0.05) is 18.3 Å². The summed E-state index contributed by atoms with van der Waals surface area (Å²) in [5.74, 6) is 1.30. The predicted octanol–water partition coefficient (Wildman–Crippen LogP) is 1.98. The fraction of sp³-hybridized carbons (Fsp3) is 1.00. The third kappa shape index (κ3) is 4.42. The highest BCUT2D eigenvalue weighted by Crippen LogP contribution is 2.26. The van der Waals surface area contributed by atoms with Gasteiger partial charge in [-0.15, -0.1) is 0 Å². The van der Waals surface area contributed by atoms with Crippen LogP contribution in [0.3, 0.4) is 0 Å². The number of nitrogens with one attached hydrogen (secondary N) is 1. The molecule has 0 spiro atoms. The van der Waals surface area contributed by atoms with Crippen LogP contribution >= 0.6 is 0 Å². The Morgan fingerprint density at radius 1 is 1.19 bits per heavy atom. The number of sulfone groups is 1. The van der Waals surface area contributed by atoms with E-state index in [-0.39, 0.29) is 11.5 Å². The zero-order valence-corrected chi connectivity index (χ0v) is 11.4. The summed E-state index contributed by atoms with van der Waals surface area (Å²) in [4.78, 5) is 0. The normalized spacial score (nSPS) is 26.9. The van der Waals surface area contributed by atoms with Crippen molar-refractivity contribution in [3.8, 4) is 0 Å². The van der Waals surface area contributed by atoms with Gasteiger partial charge in [0.05, 0.1) is 5.75 Å². The van der Waals surface area contributed by atoms with E-state index in [0.717, 1.165) is 5.92 Å². The van der Waals surface area contributed by atoms with Gasteiger partial charge >= 0.3 is 0 Å². The fourth-order valence-corrected chi connectivity index (χ4v) is 3.23. The molecule has 1 fully saturated rings. The molecule has 0 heterocycles. The molecule has 1 saturated carbocycles. The monoisotopic (exact) mass is 247 g/mol. The molecule has 0 aromatic rings. The Hall–Kier alpha value is -0.0900. The van der Waals surface area contributed by atoms with Crippen molar-refractivity contribution >= 4 is 9.84 Å². The van der Waals surface area contributed by atoms with Crippen LogP contribution < -0.4 is 5.32 Å². The van der Waals surface area contributed by atoms with Crippen LogP contribution in [0.5, 0.6) is 0 Å². The van der Waals surface area contributed by atoms with Gasteiger partial charge in [-0.1, -0.05) is 33.1 Å². The van der Waals surface area contributed by atoms with Crippen LogP contribution in [0.4, 0.5) is 0 Å². The summed E-state index contributed by atoms with van der Waals surface area (Å²) < 4.78 is 22.7. The molecule has 0 saturated heterocycles. The number of hydrogen-bond acceptors (Lipinski definition) is 3. The average molecular weight is 247 g/mol. The van der Waals surface area contributed by atoms with E-state index in [9.17, 15) is 8.42 Å². The maximum Gasteiger partial charge on any atom is 0.151 e. The molecule has 1 aliphatic carbocycles. The number of hydrogen-bond donors (Lipinski definition) is 1. The van der Waals surface area contributed by atoms with Gasteiger partial charge in [-0.05, 0) is 18.8 Å². The maximum atomic E-state index is 11.4. The molecule has 1 N–H and O–H groups in total. The molecule has 16 heavy (non-hydrogen) atoms. The van der Waals surface area contributed by atoms with Gasteiger partial charge in [0.25, 0.3) is 0 Å². The van der Waals surface area contributed by atoms with Gasteiger partial charge in [-0.2, -0.15) is 0 Å². The molecule has 0 bridgehead atoms. The minimum absolute atomic E-state index is 0.260. The van der Waals surface area contributed by atoms with Crippen molar-refractivity contribution in [2.75, 3.05) is 18.1 Å². The minimum Gasteiger partial charge on any atom is -0.313 e. The maximum absolute atomic E-state index is 11.4. The molecule has 2 atom stereocenters. The molecular formula is C12H25NO2S. The molecule has 0 aromatic carbocycles. The Bertz CT molecular complexity index is 287. The molecular weight excluding hydrogens is 222 g/mol. The second-order valence-corrected chi connectivity index (χ2v) is 7.22. The molecule has 4 heteroatoms. The van der Waals surface area contributed by atoms with Crippen LogP contribution in [0.1, 0.15) is 46.0 Å². The molecule has 3 nitrogen and oxygen atoms in total. The molecule has 1 aliphatic rings. The first-order valence-electron chi connectivity index (χ1n) is 6.53. The first kappa shape index (κ1) is 14.0. The summed E-state index contributed by atoms with van der Waals surface area (Å²) >= 11 is 0. The van der Waals surface area contributed by atoms with Crippen LogP contribution in [0.25, 0.3) is 0 Å². The lowest BCUT2D eigenvalue weighted by Gasteiger charge is -2.31. The molecule has 0 aliphatic heterocycles. The zero-order chi connectivity index (χ0) is 12.0. The van der Waals surface area contributed by atoms with Crippen LogP contribution in [-0.4, -0.2) is 32.5 Å². The highest BCUT2D eigenvalue weighted by Gasteiger charge is 2.23. The Labute approximate surface area is 99.9 Å². The lowest BCUT2D eigenvalue weighted by Crippen LogP contribution is -2.40. The van der Waals surface area contributed by atoms with E-state index < -0.39 is 9.84 Å². The molecule has 0 aromatic heterocycles. The lowest BCUT2D eigenvalue weighted by atomic mass is 9.83. The molecule has 1 rings (SSSR count). The summed E-state index contributed by atoms with van der Waals surface area (Å²) in [6.45, 7) is 4.57. The van der Waals surface area contributed by atoms with Gasteiger partial charge in [0.2, 0.25) is 0 Å². The van der Waals surface area contributed by atoms with E-state index in [1.165, 1.54) is 32.1 Å². The van der Waals surface area contributed by atoms with Crippen molar-refractivity contribution in [1.82, 2.24) is 5.32 Å². The first-order valence-corrected chi connectivity index (χ1v) is 8.35. The van der Waals surface area contributed by atoms with Crippen molar-refractivity contribution < 1.29 is 8.42 Å². The minimum atomic E-state index is -2.81. The standard InChI is InChI=1S/C12H25NO2S/c1-3-11-7-5-6-8-12(11)13-9-10-16(14,15)4-2/h11-13H,3-10H2,1-2H3. The van der Waals surface area contributed by atoms with Gasteiger partial charge < -0.3 is 5.32 Å². The highest BCUT2D eigenvalue weighted by atomic mass is 32.2.